The normalized spacial score (nSPS) is 24.0. The Kier molecular flexibility index (Phi) is 4.07. The molecular formula is C18H21NOS. The van der Waals surface area contributed by atoms with E-state index in [0.29, 0.717) is 13.0 Å². The van der Waals surface area contributed by atoms with Crippen molar-refractivity contribution in [3.63, 3.8) is 0 Å². The fourth-order valence-electron chi connectivity index (χ4n) is 3.11. The van der Waals surface area contributed by atoms with Crippen molar-refractivity contribution in [2.45, 2.75) is 29.1 Å². The topological polar surface area (TPSA) is 32.3 Å². The molecule has 2 aromatic rings. The number of hydrogen-bond acceptors (Lipinski definition) is 3. The lowest BCUT2D eigenvalue weighted by Crippen LogP contribution is -2.42. The van der Waals surface area contributed by atoms with Gasteiger partial charge in [-0.25, -0.2) is 0 Å². The van der Waals surface area contributed by atoms with Crippen LogP contribution in [0.4, 0.5) is 0 Å². The van der Waals surface area contributed by atoms with Crippen molar-refractivity contribution in [2.24, 2.45) is 0 Å². The molecule has 0 heterocycles. The third-order valence-corrected chi connectivity index (χ3v) is 5.78. The molecule has 2 N–H and O–H groups in total. The highest BCUT2D eigenvalue weighted by Crippen LogP contribution is 2.50. The quantitative estimate of drug-likeness (QED) is 0.908. The lowest BCUT2D eigenvalue weighted by atomic mass is 10.0. The van der Waals surface area contributed by atoms with Gasteiger partial charge in [0.2, 0.25) is 0 Å². The first-order chi connectivity index (χ1) is 10.1. The molecule has 0 aliphatic heterocycles. The van der Waals surface area contributed by atoms with E-state index in [1.54, 1.807) is 11.8 Å². The van der Waals surface area contributed by atoms with E-state index in [2.05, 4.69) is 60.8 Å². The number of thioether (sulfide) groups is 1. The summed E-state index contributed by atoms with van der Waals surface area (Å²) >= 11 is 1.78. The first kappa shape index (κ1) is 14.6. The van der Waals surface area contributed by atoms with Gasteiger partial charge >= 0.3 is 0 Å². The van der Waals surface area contributed by atoms with Gasteiger partial charge in [-0.15, -0.1) is 11.8 Å². The van der Waals surface area contributed by atoms with Crippen LogP contribution >= 0.6 is 11.8 Å². The van der Waals surface area contributed by atoms with Gasteiger partial charge in [-0.1, -0.05) is 42.5 Å². The summed E-state index contributed by atoms with van der Waals surface area (Å²) in [4.78, 5) is 1.24. The second-order valence-electron chi connectivity index (χ2n) is 5.77. The molecule has 0 saturated carbocycles. The molecule has 0 bridgehead atoms. The standard InChI is InChI=1S/C18H21NOS/c1-13-7-3-6-10-16(13)21-17-15-9-5-4-8-14(15)11-18(17,20)12-19-2/h3-10,17,19-20H,11-12H2,1-2H3/t17-,18+/m0/s1. The van der Waals surface area contributed by atoms with Crippen LogP contribution in [-0.4, -0.2) is 24.3 Å². The van der Waals surface area contributed by atoms with Gasteiger partial charge in [0.1, 0.15) is 0 Å². The zero-order valence-corrected chi connectivity index (χ0v) is 13.3. The predicted molar refractivity (Wildman–Crippen MR) is 88.8 cm³/mol. The van der Waals surface area contributed by atoms with E-state index in [9.17, 15) is 5.11 Å². The maximum Gasteiger partial charge on any atom is 0.0973 e. The SMILES string of the molecule is CNC[C@]1(O)Cc2ccccc2[C@@H]1Sc1ccccc1C. The van der Waals surface area contributed by atoms with Crippen molar-refractivity contribution in [1.29, 1.82) is 0 Å². The monoisotopic (exact) mass is 299 g/mol. The number of nitrogens with one attached hydrogen (secondary N) is 1. The third-order valence-electron chi connectivity index (χ3n) is 4.14. The van der Waals surface area contributed by atoms with Crippen LogP contribution in [0.3, 0.4) is 0 Å². The highest BCUT2D eigenvalue weighted by molar-refractivity contribution is 7.99. The average molecular weight is 299 g/mol. The van der Waals surface area contributed by atoms with Gasteiger partial charge in [0, 0.05) is 17.9 Å². The fourth-order valence-corrected chi connectivity index (χ4v) is 4.52. The van der Waals surface area contributed by atoms with Crippen molar-refractivity contribution in [2.75, 3.05) is 13.6 Å². The molecule has 0 fully saturated rings. The van der Waals surface area contributed by atoms with E-state index >= 15 is 0 Å². The van der Waals surface area contributed by atoms with Crippen LogP contribution in [0.25, 0.3) is 0 Å². The largest absolute Gasteiger partial charge is 0.387 e. The number of aryl methyl sites for hydroxylation is 1. The van der Waals surface area contributed by atoms with Gasteiger partial charge in [0.15, 0.2) is 0 Å². The summed E-state index contributed by atoms with van der Waals surface area (Å²) in [5.74, 6) is 0. The van der Waals surface area contributed by atoms with E-state index in [0.717, 1.165) is 0 Å². The molecule has 0 amide bonds. The Hall–Kier alpha value is -1.29. The molecule has 2 aromatic carbocycles. The second-order valence-corrected chi connectivity index (χ2v) is 6.92. The molecule has 2 nitrogen and oxygen atoms in total. The first-order valence-corrected chi connectivity index (χ1v) is 8.19. The predicted octanol–water partition coefficient (Wildman–Crippen LogP) is 3.34. The Bertz CT molecular complexity index is 643. The van der Waals surface area contributed by atoms with Crippen LogP contribution in [0.2, 0.25) is 0 Å². The van der Waals surface area contributed by atoms with Crippen LogP contribution in [-0.2, 0) is 6.42 Å². The molecule has 3 heteroatoms. The van der Waals surface area contributed by atoms with E-state index in [1.807, 2.05) is 7.05 Å². The number of likely N-dealkylation sites (N-methyl/N-ethyl adjacent to an activating group) is 1. The molecule has 110 valence electrons. The lowest BCUT2D eigenvalue weighted by molar-refractivity contribution is 0.0504. The molecule has 0 aromatic heterocycles. The highest BCUT2D eigenvalue weighted by atomic mass is 32.2. The summed E-state index contributed by atoms with van der Waals surface area (Å²) in [6.45, 7) is 2.73. The van der Waals surface area contributed by atoms with Gasteiger partial charge in [-0.05, 0) is 36.7 Å². The fraction of sp³-hybridized carbons (Fsp3) is 0.333. The maximum absolute atomic E-state index is 11.1. The molecule has 2 atom stereocenters. The molecule has 0 unspecified atom stereocenters. The van der Waals surface area contributed by atoms with Crippen molar-refractivity contribution >= 4 is 11.8 Å². The van der Waals surface area contributed by atoms with Gasteiger partial charge in [-0.3, -0.25) is 0 Å². The number of hydrogen-bond donors (Lipinski definition) is 2. The van der Waals surface area contributed by atoms with Crippen molar-refractivity contribution in [1.82, 2.24) is 5.32 Å². The molecule has 1 aliphatic carbocycles. The minimum absolute atomic E-state index is 0.0715. The first-order valence-electron chi connectivity index (χ1n) is 7.31. The molecule has 3 rings (SSSR count). The van der Waals surface area contributed by atoms with Crippen molar-refractivity contribution in [3.05, 3.63) is 65.2 Å². The molecule has 0 radical (unpaired) electrons. The summed E-state index contributed by atoms with van der Waals surface area (Å²) in [7, 11) is 1.90. The van der Waals surface area contributed by atoms with E-state index in [1.165, 1.54) is 21.6 Å². The summed E-state index contributed by atoms with van der Waals surface area (Å²) in [6.07, 6.45) is 0.716. The Morgan fingerprint density at radius 3 is 2.67 bits per heavy atom. The molecule has 21 heavy (non-hydrogen) atoms. The maximum atomic E-state index is 11.1. The summed E-state index contributed by atoms with van der Waals surface area (Å²) < 4.78 is 0. The number of rotatable bonds is 4. The minimum Gasteiger partial charge on any atom is -0.387 e. The number of fused-ring (bicyclic) bond motifs is 1. The van der Waals surface area contributed by atoms with Crippen LogP contribution in [0.5, 0.6) is 0 Å². The zero-order chi connectivity index (χ0) is 14.9. The van der Waals surface area contributed by atoms with Gasteiger partial charge < -0.3 is 10.4 Å². The van der Waals surface area contributed by atoms with Crippen LogP contribution in [0, 0.1) is 6.92 Å². The molecule has 0 spiro atoms. The van der Waals surface area contributed by atoms with Crippen LogP contribution in [0.15, 0.2) is 53.4 Å². The van der Waals surface area contributed by atoms with Crippen molar-refractivity contribution in [3.8, 4) is 0 Å². The second kappa shape index (κ2) is 5.84. The lowest BCUT2D eigenvalue weighted by Gasteiger charge is -2.30. The zero-order valence-electron chi connectivity index (χ0n) is 12.5. The number of aliphatic hydroxyl groups is 1. The highest BCUT2D eigenvalue weighted by Gasteiger charge is 2.44. The Labute approximate surface area is 130 Å². The van der Waals surface area contributed by atoms with Gasteiger partial charge in [0.05, 0.1) is 10.9 Å². The van der Waals surface area contributed by atoms with E-state index in [-0.39, 0.29) is 5.25 Å². The van der Waals surface area contributed by atoms with Crippen molar-refractivity contribution < 1.29 is 5.11 Å². The van der Waals surface area contributed by atoms with Crippen LogP contribution < -0.4 is 5.32 Å². The van der Waals surface area contributed by atoms with E-state index < -0.39 is 5.60 Å². The summed E-state index contributed by atoms with van der Waals surface area (Å²) in [5, 5.41) is 14.4. The van der Waals surface area contributed by atoms with E-state index in [4.69, 9.17) is 0 Å². The molecule has 0 saturated heterocycles. The summed E-state index contributed by atoms with van der Waals surface area (Å²) in [6, 6.07) is 16.8. The Balaban J connectivity index is 1.98. The third kappa shape index (κ3) is 2.73. The molecule has 1 aliphatic rings. The van der Waals surface area contributed by atoms with Gasteiger partial charge in [0.25, 0.3) is 0 Å². The van der Waals surface area contributed by atoms with Crippen LogP contribution in [0.1, 0.15) is 21.9 Å². The Morgan fingerprint density at radius 1 is 1.19 bits per heavy atom. The Morgan fingerprint density at radius 2 is 1.90 bits per heavy atom. The van der Waals surface area contributed by atoms with Gasteiger partial charge in [-0.2, -0.15) is 0 Å². The number of benzene rings is 2. The molecular weight excluding hydrogens is 278 g/mol. The smallest absolute Gasteiger partial charge is 0.0973 e. The minimum atomic E-state index is -0.731. The summed E-state index contributed by atoms with van der Waals surface area (Å²) in [5.41, 5.74) is 3.06. The average Bonchev–Trinajstić information content (AvgIpc) is 2.74.